The fourth-order valence-electron chi connectivity index (χ4n) is 0.478. The molecule has 0 bridgehead atoms. The molecule has 0 atom stereocenters. The summed E-state index contributed by atoms with van der Waals surface area (Å²) in [4.78, 5) is 9.26. The van der Waals surface area contributed by atoms with Gasteiger partial charge in [-0.25, -0.2) is 0 Å². The number of aliphatic carboxylic acids is 1. The molecule has 0 fully saturated rings. The van der Waals surface area contributed by atoms with Crippen molar-refractivity contribution < 1.29 is 36.0 Å². The molecule has 3 nitrogen and oxygen atoms in total. The number of carbonyl (C=O) groups excluding carboxylic acids is 1. The maximum absolute atomic E-state index is 9.26. The molecule has 68 valence electrons. The Bertz CT molecular complexity index is 226. The van der Waals surface area contributed by atoms with Crippen LogP contribution in [0.25, 0.3) is 0 Å². The Morgan fingerprint density at radius 2 is 1.77 bits per heavy atom. The molecule has 0 spiro atoms. The molecule has 13 heavy (non-hydrogen) atoms. The van der Waals surface area contributed by atoms with Crippen molar-refractivity contribution in [2.75, 3.05) is 0 Å². The summed E-state index contributed by atoms with van der Waals surface area (Å²) in [5, 5.41) is 9.26. The zero-order valence-electron chi connectivity index (χ0n) is 7.82. The van der Waals surface area contributed by atoms with Crippen LogP contribution in [0.2, 0.25) is 0 Å². The zero-order chi connectivity index (χ0) is 9.40. The number of rotatable bonds is 1. The summed E-state index contributed by atoms with van der Waals surface area (Å²) in [5.41, 5.74) is 0. The summed E-state index contributed by atoms with van der Waals surface area (Å²) < 4.78 is 1.52. The van der Waals surface area contributed by atoms with E-state index in [9.17, 15) is 9.90 Å². The Morgan fingerprint density at radius 3 is 1.92 bits per heavy atom. The molecular formula is C9H13HgNO2. The van der Waals surface area contributed by atoms with Crippen LogP contribution in [0.4, 0.5) is 0 Å². The molecule has 0 amide bonds. The van der Waals surface area contributed by atoms with Crippen LogP contribution in [0.3, 0.4) is 0 Å². The van der Waals surface area contributed by atoms with Gasteiger partial charge in [-0.05, 0) is 6.42 Å². The number of benzene rings is 1. The number of hydrogen-bond donors (Lipinski definition) is 1. The molecule has 4 heteroatoms. The summed E-state index contributed by atoms with van der Waals surface area (Å²) in [6.45, 7) is 1.54. The van der Waals surface area contributed by atoms with Crippen LogP contribution in [0.1, 0.15) is 13.3 Å². The Labute approximate surface area is 94.7 Å². The molecule has 0 aliphatic rings. The molecule has 0 aliphatic heterocycles. The third kappa shape index (κ3) is 11.6. The first-order chi connectivity index (χ1) is 5.66. The minimum absolute atomic E-state index is 0. The van der Waals surface area contributed by atoms with E-state index in [2.05, 4.69) is 30.3 Å². The molecule has 1 aromatic carbocycles. The molecule has 0 saturated heterocycles. The molecule has 0 aromatic heterocycles. The molecule has 1 rings (SSSR count). The van der Waals surface area contributed by atoms with E-state index in [1.807, 2.05) is 0 Å². The number of hydrogen-bond acceptors (Lipinski definition) is 3. The van der Waals surface area contributed by atoms with Gasteiger partial charge in [0, 0.05) is 5.97 Å². The van der Waals surface area contributed by atoms with E-state index in [4.69, 9.17) is 0 Å². The van der Waals surface area contributed by atoms with E-state index in [-0.39, 0.29) is 12.6 Å². The number of carboxylic acids is 1. The Kier molecular flexibility index (Phi) is 11.2. The molecule has 0 radical (unpaired) electrons. The van der Waals surface area contributed by atoms with Gasteiger partial charge in [0.25, 0.3) is 0 Å². The quantitative estimate of drug-likeness (QED) is 0.719. The molecule has 0 aliphatic carbocycles. The van der Waals surface area contributed by atoms with E-state index in [0.29, 0.717) is 0 Å². The van der Waals surface area contributed by atoms with Crippen molar-refractivity contribution in [3.63, 3.8) is 0 Å². The van der Waals surface area contributed by atoms with Crippen LogP contribution in [0.15, 0.2) is 30.3 Å². The monoisotopic (exact) mass is 369 g/mol. The van der Waals surface area contributed by atoms with Gasteiger partial charge in [0.2, 0.25) is 0 Å². The van der Waals surface area contributed by atoms with Gasteiger partial charge in [-0.15, -0.1) is 0 Å². The summed E-state index contributed by atoms with van der Waals surface area (Å²) in [6, 6.07) is 10.6. The van der Waals surface area contributed by atoms with Crippen molar-refractivity contribution in [1.82, 2.24) is 6.15 Å². The van der Waals surface area contributed by atoms with Crippen molar-refractivity contribution >= 4 is 9.04 Å². The van der Waals surface area contributed by atoms with Crippen molar-refractivity contribution in [3.8, 4) is 0 Å². The van der Waals surface area contributed by atoms with Crippen LogP contribution in [0.5, 0.6) is 0 Å². The van der Waals surface area contributed by atoms with Crippen LogP contribution in [0, 0.1) is 0 Å². The molecular weight excluding hydrogens is 355 g/mol. The number of carbonyl (C=O) groups is 1. The summed E-state index contributed by atoms with van der Waals surface area (Å²) >= 11 is 0.810. The van der Waals surface area contributed by atoms with Gasteiger partial charge in [0.15, 0.2) is 0 Å². The first-order valence-corrected chi connectivity index (χ1v) is 6.48. The fraction of sp³-hybridized carbons (Fsp3) is 0.222. The maximum atomic E-state index is 9.26. The van der Waals surface area contributed by atoms with Crippen molar-refractivity contribution in [1.29, 1.82) is 0 Å². The van der Waals surface area contributed by atoms with Gasteiger partial charge in [-0.1, -0.05) is 6.92 Å². The van der Waals surface area contributed by atoms with Gasteiger partial charge >= 0.3 is 59.5 Å². The summed E-state index contributed by atoms with van der Waals surface area (Å²) in [6.07, 6.45) is 0.111. The predicted molar refractivity (Wildman–Crippen MR) is 46.4 cm³/mol. The van der Waals surface area contributed by atoms with E-state index in [1.54, 1.807) is 0 Å². The van der Waals surface area contributed by atoms with Gasteiger partial charge in [0.1, 0.15) is 0 Å². The van der Waals surface area contributed by atoms with Crippen molar-refractivity contribution in [2.24, 2.45) is 0 Å². The standard InChI is InChI=1S/C6H5.C3H6O2.Hg.H3N/c1-2-4-6-5-3-1;1-2-3(4)5;;/h1-5H;2H2,1H3,(H,4,5);;1H3/q;;+1;/p-1. The van der Waals surface area contributed by atoms with E-state index >= 15 is 0 Å². The molecule has 1 aromatic rings. The molecule has 0 unspecified atom stereocenters. The van der Waals surface area contributed by atoms with Crippen LogP contribution >= 0.6 is 0 Å². The SMILES string of the molecule is CCC(=O)[O-].N.[Hg+][c]1ccccc1. The number of carboxylic acid groups (broad SMARTS) is 1. The first kappa shape index (κ1) is 15.1. The average molecular weight is 368 g/mol. The van der Waals surface area contributed by atoms with Gasteiger partial charge in [-0.3, -0.25) is 0 Å². The second-order valence-corrected chi connectivity index (χ2v) is 5.39. The second-order valence-electron chi connectivity index (χ2n) is 2.21. The van der Waals surface area contributed by atoms with Gasteiger partial charge in [0.05, 0.1) is 0 Å². The third-order valence-electron chi connectivity index (χ3n) is 1.13. The first-order valence-electron chi connectivity index (χ1n) is 3.73. The average Bonchev–Trinajstić information content (AvgIpc) is 2.07. The second kappa shape index (κ2) is 9.67. The topological polar surface area (TPSA) is 75.1 Å². The normalized spacial score (nSPS) is 7.62. The zero-order valence-corrected chi connectivity index (χ0v) is 13.3. The fourth-order valence-corrected chi connectivity index (χ4v) is 1.54. The van der Waals surface area contributed by atoms with Crippen LogP contribution in [-0.4, -0.2) is 5.97 Å². The van der Waals surface area contributed by atoms with E-state index < -0.39 is 5.97 Å². The van der Waals surface area contributed by atoms with Gasteiger partial charge < -0.3 is 16.1 Å². The van der Waals surface area contributed by atoms with E-state index in [0.717, 1.165) is 26.1 Å². The molecule has 3 N–H and O–H groups in total. The summed E-state index contributed by atoms with van der Waals surface area (Å²) in [5.74, 6) is -0.995. The predicted octanol–water partition coefficient (Wildman–Crippen LogP) is 0.167. The van der Waals surface area contributed by atoms with Crippen LogP contribution in [-0.2, 0) is 30.9 Å². The Balaban J connectivity index is 0. The van der Waals surface area contributed by atoms with E-state index in [1.165, 1.54) is 10.00 Å². The summed E-state index contributed by atoms with van der Waals surface area (Å²) in [7, 11) is 0. The van der Waals surface area contributed by atoms with Gasteiger partial charge in [-0.2, -0.15) is 0 Å². The van der Waals surface area contributed by atoms with Crippen molar-refractivity contribution in [2.45, 2.75) is 13.3 Å². The minimum atomic E-state index is -0.995. The molecule has 0 heterocycles. The van der Waals surface area contributed by atoms with Crippen molar-refractivity contribution in [3.05, 3.63) is 30.3 Å². The Hall–Kier alpha value is -0.415. The molecule has 0 saturated carbocycles. The Morgan fingerprint density at radius 1 is 1.38 bits per heavy atom. The third-order valence-corrected chi connectivity index (χ3v) is 2.96. The van der Waals surface area contributed by atoms with Crippen LogP contribution < -0.4 is 14.3 Å².